The lowest BCUT2D eigenvalue weighted by molar-refractivity contribution is -0.134. The Kier molecular flexibility index (Phi) is 7.25. The molecule has 2 aromatic carbocycles. The Balaban J connectivity index is 1.22. The van der Waals surface area contributed by atoms with Gasteiger partial charge in [0.15, 0.2) is 0 Å². The number of carbonyl (C=O) groups excluding carboxylic acids is 1. The molecule has 32 heavy (non-hydrogen) atoms. The van der Waals surface area contributed by atoms with Gasteiger partial charge in [-0.2, -0.15) is 4.31 Å². The number of rotatable bonds is 6. The molecule has 0 atom stereocenters. The summed E-state index contributed by atoms with van der Waals surface area (Å²) in [5, 5.41) is 0. The van der Waals surface area contributed by atoms with Crippen LogP contribution in [0.3, 0.4) is 0 Å². The second-order valence-electron chi connectivity index (χ2n) is 8.64. The zero-order valence-corrected chi connectivity index (χ0v) is 19.5. The summed E-state index contributed by atoms with van der Waals surface area (Å²) in [6.07, 6.45) is 0. The highest BCUT2D eigenvalue weighted by molar-refractivity contribution is 7.89. The highest BCUT2D eigenvalue weighted by Crippen LogP contribution is 2.18. The first-order valence-electron chi connectivity index (χ1n) is 11.2. The van der Waals surface area contributed by atoms with Crippen molar-refractivity contribution in [2.75, 3.05) is 58.9 Å². The SMILES string of the molecule is Cc1ccc(S(=O)(=O)N2CCN(C(=O)CN3CCN(Cc4ccccc4)CC3)CC2)cc1. The van der Waals surface area contributed by atoms with Crippen molar-refractivity contribution in [3.8, 4) is 0 Å². The van der Waals surface area contributed by atoms with Gasteiger partial charge in [-0.3, -0.25) is 14.6 Å². The summed E-state index contributed by atoms with van der Waals surface area (Å²) in [5.41, 5.74) is 2.34. The van der Waals surface area contributed by atoms with Gasteiger partial charge in [-0.25, -0.2) is 8.42 Å². The van der Waals surface area contributed by atoms with Crippen LogP contribution in [0.25, 0.3) is 0 Å². The molecule has 0 aliphatic carbocycles. The average Bonchev–Trinajstić information content (AvgIpc) is 2.81. The van der Waals surface area contributed by atoms with E-state index in [-0.39, 0.29) is 5.91 Å². The van der Waals surface area contributed by atoms with E-state index in [2.05, 4.69) is 34.1 Å². The van der Waals surface area contributed by atoms with Gasteiger partial charge in [0.2, 0.25) is 15.9 Å². The molecule has 0 bridgehead atoms. The standard InChI is InChI=1S/C24H32N4O3S/c1-21-7-9-23(10-8-21)32(30,31)28-17-15-27(16-18-28)24(29)20-26-13-11-25(12-14-26)19-22-5-3-2-4-6-22/h2-10H,11-20H2,1H3. The molecule has 2 saturated heterocycles. The molecule has 0 radical (unpaired) electrons. The van der Waals surface area contributed by atoms with Crippen molar-refractivity contribution in [1.29, 1.82) is 0 Å². The van der Waals surface area contributed by atoms with Gasteiger partial charge in [-0.05, 0) is 24.6 Å². The molecular formula is C24H32N4O3S. The zero-order valence-electron chi connectivity index (χ0n) is 18.7. The predicted molar refractivity (Wildman–Crippen MR) is 125 cm³/mol. The Morgan fingerprint density at radius 2 is 1.38 bits per heavy atom. The topological polar surface area (TPSA) is 64.2 Å². The minimum atomic E-state index is -3.51. The number of hydrogen-bond acceptors (Lipinski definition) is 5. The van der Waals surface area contributed by atoms with Crippen molar-refractivity contribution in [3.05, 3.63) is 65.7 Å². The molecule has 1 amide bonds. The number of amides is 1. The highest BCUT2D eigenvalue weighted by Gasteiger charge is 2.30. The smallest absolute Gasteiger partial charge is 0.243 e. The molecule has 2 aromatic rings. The lowest BCUT2D eigenvalue weighted by Crippen LogP contribution is -2.54. The monoisotopic (exact) mass is 456 g/mol. The van der Waals surface area contributed by atoms with Gasteiger partial charge in [0.1, 0.15) is 0 Å². The summed E-state index contributed by atoms with van der Waals surface area (Å²) in [7, 11) is -3.51. The molecule has 0 spiro atoms. The quantitative estimate of drug-likeness (QED) is 0.661. The number of piperazine rings is 2. The second-order valence-corrected chi connectivity index (χ2v) is 10.6. The van der Waals surface area contributed by atoms with Crippen LogP contribution in [0.4, 0.5) is 0 Å². The van der Waals surface area contributed by atoms with Gasteiger partial charge >= 0.3 is 0 Å². The lowest BCUT2D eigenvalue weighted by atomic mass is 10.2. The number of carbonyl (C=O) groups is 1. The van der Waals surface area contributed by atoms with Crippen LogP contribution in [-0.2, 0) is 21.4 Å². The Morgan fingerprint density at radius 1 is 0.781 bits per heavy atom. The van der Waals surface area contributed by atoms with E-state index in [0.717, 1.165) is 38.3 Å². The fourth-order valence-electron chi connectivity index (χ4n) is 4.28. The van der Waals surface area contributed by atoms with Crippen LogP contribution in [0.1, 0.15) is 11.1 Å². The minimum Gasteiger partial charge on any atom is -0.339 e. The number of benzene rings is 2. The van der Waals surface area contributed by atoms with E-state index in [0.29, 0.717) is 37.6 Å². The maximum absolute atomic E-state index is 12.9. The molecule has 0 unspecified atom stereocenters. The first kappa shape index (κ1) is 22.9. The minimum absolute atomic E-state index is 0.0916. The maximum Gasteiger partial charge on any atom is 0.243 e. The predicted octanol–water partition coefficient (Wildman–Crippen LogP) is 1.65. The molecule has 2 heterocycles. The average molecular weight is 457 g/mol. The van der Waals surface area contributed by atoms with Crippen LogP contribution in [0.15, 0.2) is 59.5 Å². The van der Waals surface area contributed by atoms with Crippen molar-refractivity contribution >= 4 is 15.9 Å². The Hall–Kier alpha value is -2.26. The molecular weight excluding hydrogens is 424 g/mol. The van der Waals surface area contributed by atoms with E-state index in [1.165, 1.54) is 9.87 Å². The van der Waals surface area contributed by atoms with Gasteiger partial charge in [0.25, 0.3) is 0 Å². The fourth-order valence-corrected chi connectivity index (χ4v) is 5.70. The Labute approximate surface area is 191 Å². The molecule has 4 rings (SSSR count). The summed E-state index contributed by atoms with van der Waals surface area (Å²) < 4.78 is 27.2. The van der Waals surface area contributed by atoms with Gasteiger partial charge in [-0.15, -0.1) is 0 Å². The Morgan fingerprint density at radius 3 is 2.00 bits per heavy atom. The molecule has 0 saturated carbocycles. The highest BCUT2D eigenvalue weighted by atomic mass is 32.2. The molecule has 2 aliphatic rings. The van der Waals surface area contributed by atoms with Crippen LogP contribution < -0.4 is 0 Å². The normalized spacial score (nSPS) is 19.2. The molecule has 7 nitrogen and oxygen atoms in total. The lowest BCUT2D eigenvalue weighted by Gasteiger charge is -2.37. The van der Waals surface area contributed by atoms with Crippen LogP contribution in [0.2, 0.25) is 0 Å². The molecule has 8 heteroatoms. The fraction of sp³-hybridized carbons (Fsp3) is 0.458. The zero-order chi connectivity index (χ0) is 22.6. The summed E-state index contributed by atoms with van der Waals surface area (Å²) in [6.45, 7) is 8.50. The van der Waals surface area contributed by atoms with Gasteiger partial charge in [0, 0.05) is 58.9 Å². The van der Waals surface area contributed by atoms with E-state index in [1.54, 1.807) is 17.0 Å². The maximum atomic E-state index is 12.9. The van der Waals surface area contributed by atoms with Crippen molar-refractivity contribution in [2.24, 2.45) is 0 Å². The van der Waals surface area contributed by atoms with Crippen LogP contribution in [0, 0.1) is 6.92 Å². The summed E-state index contributed by atoms with van der Waals surface area (Å²) in [4.78, 5) is 19.6. The van der Waals surface area contributed by atoms with Gasteiger partial charge in [0.05, 0.1) is 11.4 Å². The van der Waals surface area contributed by atoms with Crippen molar-refractivity contribution in [2.45, 2.75) is 18.4 Å². The van der Waals surface area contributed by atoms with Crippen molar-refractivity contribution in [3.63, 3.8) is 0 Å². The van der Waals surface area contributed by atoms with E-state index >= 15 is 0 Å². The third kappa shape index (κ3) is 5.56. The summed E-state index contributed by atoms with van der Waals surface area (Å²) >= 11 is 0. The Bertz CT molecular complexity index is 995. The molecule has 2 fully saturated rings. The van der Waals surface area contributed by atoms with Crippen LogP contribution in [-0.4, -0.2) is 92.2 Å². The third-order valence-corrected chi connectivity index (χ3v) is 8.24. The number of hydrogen-bond donors (Lipinski definition) is 0. The van der Waals surface area contributed by atoms with E-state index in [4.69, 9.17) is 0 Å². The summed E-state index contributed by atoms with van der Waals surface area (Å²) in [6, 6.07) is 17.4. The van der Waals surface area contributed by atoms with E-state index in [1.807, 2.05) is 25.1 Å². The molecule has 172 valence electrons. The molecule has 0 aromatic heterocycles. The van der Waals surface area contributed by atoms with Crippen LogP contribution in [0.5, 0.6) is 0 Å². The molecule has 2 aliphatic heterocycles. The largest absolute Gasteiger partial charge is 0.339 e. The first-order valence-corrected chi connectivity index (χ1v) is 12.7. The number of nitrogens with zero attached hydrogens (tertiary/aromatic N) is 4. The number of sulfonamides is 1. The molecule has 0 N–H and O–H groups in total. The van der Waals surface area contributed by atoms with Crippen LogP contribution >= 0.6 is 0 Å². The van der Waals surface area contributed by atoms with Gasteiger partial charge < -0.3 is 4.90 Å². The van der Waals surface area contributed by atoms with E-state index < -0.39 is 10.0 Å². The summed E-state index contributed by atoms with van der Waals surface area (Å²) in [5.74, 6) is 0.0916. The van der Waals surface area contributed by atoms with Crippen molar-refractivity contribution < 1.29 is 13.2 Å². The third-order valence-electron chi connectivity index (χ3n) is 6.32. The first-order chi connectivity index (χ1) is 15.4. The second kappa shape index (κ2) is 10.1. The number of aryl methyl sites for hydroxylation is 1. The van der Waals surface area contributed by atoms with Gasteiger partial charge in [-0.1, -0.05) is 48.0 Å². The van der Waals surface area contributed by atoms with E-state index in [9.17, 15) is 13.2 Å². The van der Waals surface area contributed by atoms with Crippen molar-refractivity contribution in [1.82, 2.24) is 19.0 Å².